The van der Waals surface area contributed by atoms with Crippen molar-refractivity contribution in [2.24, 2.45) is 0 Å². The van der Waals surface area contributed by atoms with Gasteiger partial charge in [-0.3, -0.25) is 4.79 Å². The van der Waals surface area contributed by atoms with Gasteiger partial charge in [-0.25, -0.2) is 0 Å². The third kappa shape index (κ3) is 2.91. The molecule has 0 bridgehead atoms. The first-order chi connectivity index (χ1) is 12.2. The summed E-state index contributed by atoms with van der Waals surface area (Å²) in [4.78, 5) is 10.5. The molecular formula is C18H14ClF3O4. The molecule has 2 aromatic carbocycles. The van der Waals surface area contributed by atoms with Crippen LogP contribution < -0.4 is 4.74 Å². The van der Waals surface area contributed by atoms with Gasteiger partial charge < -0.3 is 14.9 Å². The minimum absolute atomic E-state index is 0.00118. The molecule has 2 aromatic rings. The average molecular weight is 387 g/mol. The number of benzene rings is 2. The maximum Gasteiger partial charge on any atom is 0.425 e. The van der Waals surface area contributed by atoms with Crippen molar-refractivity contribution >= 4 is 17.6 Å². The summed E-state index contributed by atoms with van der Waals surface area (Å²) in [6, 6.07) is 8.13. The number of ether oxygens (including phenoxy) is 1. The van der Waals surface area contributed by atoms with E-state index in [2.05, 4.69) is 0 Å². The Balaban J connectivity index is 2.05. The molecule has 26 heavy (non-hydrogen) atoms. The van der Waals surface area contributed by atoms with Crippen LogP contribution in [-0.4, -0.2) is 29.0 Å². The Morgan fingerprint density at radius 1 is 1.19 bits per heavy atom. The largest absolute Gasteiger partial charge is 0.494 e. The van der Waals surface area contributed by atoms with Crippen LogP contribution in [0.3, 0.4) is 0 Å². The van der Waals surface area contributed by atoms with E-state index in [4.69, 9.17) is 21.4 Å². The predicted molar refractivity (Wildman–Crippen MR) is 88.3 cm³/mol. The van der Waals surface area contributed by atoms with E-state index in [1.807, 2.05) is 0 Å². The summed E-state index contributed by atoms with van der Waals surface area (Å²) in [6.07, 6.45) is -4.90. The molecule has 1 aliphatic rings. The number of rotatable bonds is 5. The number of hydrogen-bond acceptors (Lipinski definition) is 3. The van der Waals surface area contributed by atoms with Crippen LogP contribution in [0.2, 0.25) is 5.02 Å². The summed E-state index contributed by atoms with van der Waals surface area (Å²) in [5, 5.41) is 19.2. The zero-order valence-corrected chi connectivity index (χ0v) is 14.1. The molecule has 4 nitrogen and oxygen atoms in total. The number of carbonyl (C=O) groups is 1. The number of carboxylic acid groups (broad SMARTS) is 1. The number of fused-ring (bicyclic) bond motifs is 3. The van der Waals surface area contributed by atoms with Crippen molar-refractivity contribution in [3.05, 3.63) is 52.5 Å². The maximum absolute atomic E-state index is 13.8. The van der Waals surface area contributed by atoms with Crippen LogP contribution in [0.25, 0.3) is 11.1 Å². The number of aliphatic hydroxyl groups is 1. The van der Waals surface area contributed by atoms with Gasteiger partial charge in [-0.15, -0.1) is 0 Å². The van der Waals surface area contributed by atoms with Gasteiger partial charge >= 0.3 is 12.1 Å². The van der Waals surface area contributed by atoms with Crippen molar-refractivity contribution in [2.75, 3.05) is 6.61 Å². The molecule has 0 aromatic heterocycles. The molecule has 138 valence electrons. The molecule has 8 heteroatoms. The standard InChI is InChI=1S/C18H14ClF3O4/c19-14-9-10(26-7-3-6-15(23)24)8-13-16(14)11-4-1-2-5-12(11)17(13,25)18(20,21)22/h1-2,4-5,8-9,25H,3,6-7H2,(H,23,24)/t17-/m1/s1. The Bertz CT molecular complexity index is 866. The molecule has 0 heterocycles. The van der Waals surface area contributed by atoms with Crippen LogP contribution in [0.5, 0.6) is 5.75 Å². The van der Waals surface area contributed by atoms with E-state index in [-0.39, 0.29) is 46.9 Å². The fourth-order valence-electron chi connectivity index (χ4n) is 3.10. The second-order valence-corrected chi connectivity index (χ2v) is 6.33. The second-order valence-electron chi connectivity index (χ2n) is 5.93. The van der Waals surface area contributed by atoms with Gasteiger partial charge in [0.25, 0.3) is 0 Å². The summed E-state index contributed by atoms with van der Waals surface area (Å²) >= 11 is 6.19. The van der Waals surface area contributed by atoms with Gasteiger partial charge in [-0.2, -0.15) is 13.2 Å². The highest BCUT2D eigenvalue weighted by Crippen LogP contribution is 2.57. The third-order valence-electron chi connectivity index (χ3n) is 4.25. The van der Waals surface area contributed by atoms with Gasteiger partial charge in [0.05, 0.1) is 11.6 Å². The van der Waals surface area contributed by atoms with E-state index in [0.717, 1.165) is 6.07 Å². The van der Waals surface area contributed by atoms with Gasteiger partial charge in [-0.05, 0) is 24.1 Å². The quantitative estimate of drug-likeness (QED) is 0.749. The summed E-state index contributed by atoms with van der Waals surface area (Å²) < 4.78 is 46.6. The highest BCUT2D eigenvalue weighted by atomic mass is 35.5. The van der Waals surface area contributed by atoms with Crippen molar-refractivity contribution in [3.63, 3.8) is 0 Å². The Morgan fingerprint density at radius 2 is 1.88 bits per heavy atom. The summed E-state index contributed by atoms with van der Waals surface area (Å²) in [5.41, 5.74) is -3.55. The number of aliphatic carboxylic acids is 1. The summed E-state index contributed by atoms with van der Waals surface area (Å²) in [5.74, 6) is -0.961. The third-order valence-corrected chi connectivity index (χ3v) is 4.55. The van der Waals surface area contributed by atoms with Crippen LogP contribution >= 0.6 is 11.6 Å². The second kappa shape index (κ2) is 6.48. The maximum atomic E-state index is 13.8. The Labute approximate surface area is 151 Å². The Morgan fingerprint density at radius 3 is 2.54 bits per heavy atom. The normalized spacial score (nSPS) is 18.3. The smallest absolute Gasteiger partial charge is 0.425 e. The highest BCUT2D eigenvalue weighted by molar-refractivity contribution is 6.34. The summed E-state index contributed by atoms with van der Waals surface area (Å²) in [7, 11) is 0. The average Bonchev–Trinajstić information content (AvgIpc) is 2.82. The topological polar surface area (TPSA) is 66.8 Å². The van der Waals surface area contributed by atoms with Crippen LogP contribution in [0, 0.1) is 0 Å². The molecule has 0 amide bonds. The van der Waals surface area contributed by atoms with Crippen molar-refractivity contribution in [3.8, 4) is 16.9 Å². The molecule has 0 aliphatic heterocycles. The predicted octanol–water partition coefficient (Wildman–Crippen LogP) is 4.36. The lowest BCUT2D eigenvalue weighted by molar-refractivity contribution is -0.246. The van der Waals surface area contributed by atoms with Crippen molar-refractivity contribution in [2.45, 2.75) is 24.6 Å². The van der Waals surface area contributed by atoms with E-state index in [1.165, 1.54) is 24.3 Å². The molecule has 0 fully saturated rings. The first kappa shape index (κ1) is 18.5. The SMILES string of the molecule is O=C(O)CCCOc1cc(Cl)c2c(c1)[C@@](O)(C(F)(F)F)c1ccccc1-2. The van der Waals surface area contributed by atoms with E-state index in [0.29, 0.717) is 0 Å². The minimum atomic E-state index is -4.96. The van der Waals surface area contributed by atoms with Crippen LogP contribution in [0.1, 0.15) is 24.0 Å². The number of hydrogen-bond donors (Lipinski definition) is 2. The van der Waals surface area contributed by atoms with E-state index < -0.39 is 23.3 Å². The van der Waals surface area contributed by atoms with Crippen molar-refractivity contribution < 1.29 is 32.9 Å². The molecule has 3 rings (SSSR count). The van der Waals surface area contributed by atoms with Crippen LogP contribution in [0.4, 0.5) is 13.2 Å². The fraction of sp³-hybridized carbons (Fsp3) is 0.278. The van der Waals surface area contributed by atoms with E-state index in [1.54, 1.807) is 6.07 Å². The van der Waals surface area contributed by atoms with Crippen LogP contribution in [0.15, 0.2) is 36.4 Å². The molecule has 2 N–H and O–H groups in total. The number of alkyl halides is 3. The molecule has 0 radical (unpaired) electrons. The van der Waals surface area contributed by atoms with E-state index >= 15 is 0 Å². The monoisotopic (exact) mass is 386 g/mol. The van der Waals surface area contributed by atoms with Gasteiger partial charge in [0, 0.05) is 23.1 Å². The van der Waals surface area contributed by atoms with Gasteiger partial charge in [-0.1, -0.05) is 35.9 Å². The lowest BCUT2D eigenvalue weighted by Crippen LogP contribution is -2.41. The van der Waals surface area contributed by atoms with Crippen LogP contribution in [-0.2, 0) is 10.4 Å². The first-order valence-electron chi connectivity index (χ1n) is 7.74. The zero-order chi connectivity index (χ0) is 19.1. The highest BCUT2D eigenvalue weighted by Gasteiger charge is 2.61. The minimum Gasteiger partial charge on any atom is -0.494 e. The molecule has 0 unspecified atom stereocenters. The fourth-order valence-corrected chi connectivity index (χ4v) is 3.42. The first-order valence-corrected chi connectivity index (χ1v) is 8.11. The molecule has 1 atom stereocenters. The lowest BCUT2D eigenvalue weighted by Gasteiger charge is -2.28. The Hall–Kier alpha value is -2.25. The number of halogens is 4. The molecule has 1 aliphatic carbocycles. The van der Waals surface area contributed by atoms with Crippen molar-refractivity contribution in [1.29, 1.82) is 0 Å². The Kier molecular flexibility index (Phi) is 4.62. The zero-order valence-electron chi connectivity index (χ0n) is 13.3. The van der Waals surface area contributed by atoms with Gasteiger partial charge in [0.1, 0.15) is 5.75 Å². The summed E-state index contributed by atoms with van der Waals surface area (Å²) in [6.45, 7) is -0.00118. The lowest BCUT2D eigenvalue weighted by atomic mass is 9.90. The molecule has 0 saturated carbocycles. The van der Waals surface area contributed by atoms with E-state index in [9.17, 15) is 23.1 Å². The van der Waals surface area contributed by atoms with Gasteiger partial charge in [0.2, 0.25) is 5.60 Å². The molecular weight excluding hydrogens is 373 g/mol. The van der Waals surface area contributed by atoms with Crippen molar-refractivity contribution in [1.82, 2.24) is 0 Å². The van der Waals surface area contributed by atoms with Gasteiger partial charge in [0.15, 0.2) is 0 Å². The number of carboxylic acids is 1. The molecule has 0 spiro atoms. The molecule has 0 saturated heterocycles.